The Morgan fingerprint density at radius 2 is 1.88 bits per heavy atom. The van der Waals surface area contributed by atoms with Gasteiger partial charge in [0, 0.05) is 5.54 Å². The zero-order valence-electron chi connectivity index (χ0n) is 10.9. The summed E-state index contributed by atoms with van der Waals surface area (Å²) in [7, 11) is 0. The Balaban J connectivity index is 2.00. The summed E-state index contributed by atoms with van der Waals surface area (Å²) in [6.45, 7) is 7.43. The fourth-order valence-corrected chi connectivity index (χ4v) is 2.27. The number of carbonyl (C=O) groups excluding carboxylic acids is 1. The van der Waals surface area contributed by atoms with Crippen molar-refractivity contribution in [2.75, 3.05) is 13.1 Å². The molecule has 94 valence electrons. The van der Waals surface area contributed by atoms with Gasteiger partial charge in [0.2, 0.25) is 5.91 Å². The summed E-state index contributed by atoms with van der Waals surface area (Å²) < 4.78 is 0. The van der Waals surface area contributed by atoms with Crippen LogP contribution in [-0.2, 0) is 4.79 Å². The highest BCUT2D eigenvalue weighted by Crippen LogP contribution is 2.26. The van der Waals surface area contributed by atoms with E-state index in [-0.39, 0.29) is 11.4 Å². The summed E-state index contributed by atoms with van der Waals surface area (Å²) in [6, 6.07) is 0. The van der Waals surface area contributed by atoms with Crippen LogP contribution in [0.4, 0.5) is 0 Å². The molecular formula is C13H26N2O. The second kappa shape index (κ2) is 6.24. The molecule has 0 aromatic carbocycles. The zero-order valence-corrected chi connectivity index (χ0v) is 10.9. The second-order valence-corrected chi connectivity index (χ2v) is 5.91. The molecule has 0 aliphatic heterocycles. The van der Waals surface area contributed by atoms with E-state index in [9.17, 15) is 4.79 Å². The monoisotopic (exact) mass is 226 g/mol. The van der Waals surface area contributed by atoms with Gasteiger partial charge in [0.25, 0.3) is 0 Å². The molecule has 1 saturated carbocycles. The maximum Gasteiger partial charge on any atom is 0.234 e. The van der Waals surface area contributed by atoms with Crippen molar-refractivity contribution in [2.45, 2.75) is 58.4 Å². The van der Waals surface area contributed by atoms with Gasteiger partial charge >= 0.3 is 0 Å². The van der Waals surface area contributed by atoms with Crippen LogP contribution in [0.3, 0.4) is 0 Å². The van der Waals surface area contributed by atoms with Gasteiger partial charge in [-0.2, -0.15) is 0 Å². The second-order valence-electron chi connectivity index (χ2n) is 5.91. The lowest BCUT2D eigenvalue weighted by molar-refractivity contribution is -0.121. The van der Waals surface area contributed by atoms with Crippen LogP contribution in [0, 0.1) is 5.92 Å². The fraction of sp³-hybridized carbons (Fsp3) is 0.923. The van der Waals surface area contributed by atoms with Crippen molar-refractivity contribution in [1.82, 2.24) is 10.6 Å². The minimum Gasteiger partial charge on any atom is -0.350 e. The van der Waals surface area contributed by atoms with Gasteiger partial charge < -0.3 is 10.6 Å². The summed E-state index contributed by atoms with van der Waals surface area (Å²) >= 11 is 0. The first-order valence-corrected chi connectivity index (χ1v) is 6.49. The Morgan fingerprint density at radius 1 is 1.25 bits per heavy atom. The predicted molar refractivity (Wildman–Crippen MR) is 67.3 cm³/mol. The van der Waals surface area contributed by atoms with Crippen molar-refractivity contribution in [2.24, 2.45) is 5.92 Å². The van der Waals surface area contributed by atoms with E-state index in [4.69, 9.17) is 0 Å². The largest absolute Gasteiger partial charge is 0.350 e. The number of hydrogen-bond donors (Lipinski definition) is 2. The Kier molecular flexibility index (Phi) is 5.26. The number of amides is 1. The molecular weight excluding hydrogens is 200 g/mol. The highest BCUT2D eigenvalue weighted by Gasteiger charge is 2.15. The lowest BCUT2D eigenvalue weighted by Crippen LogP contribution is -2.45. The van der Waals surface area contributed by atoms with Gasteiger partial charge in [-0.25, -0.2) is 0 Å². The van der Waals surface area contributed by atoms with E-state index in [0.717, 1.165) is 12.5 Å². The smallest absolute Gasteiger partial charge is 0.234 e. The van der Waals surface area contributed by atoms with E-state index in [2.05, 4.69) is 10.6 Å². The third-order valence-electron chi connectivity index (χ3n) is 3.00. The van der Waals surface area contributed by atoms with Gasteiger partial charge in [0.15, 0.2) is 0 Å². The van der Waals surface area contributed by atoms with Crippen LogP contribution in [0.15, 0.2) is 0 Å². The molecule has 0 radical (unpaired) electrons. The van der Waals surface area contributed by atoms with Gasteiger partial charge in [-0.1, -0.05) is 25.7 Å². The minimum absolute atomic E-state index is 0.0962. The van der Waals surface area contributed by atoms with Crippen molar-refractivity contribution in [3.8, 4) is 0 Å². The predicted octanol–water partition coefficient (Wildman–Crippen LogP) is 2.07. The molecule has 0 atom stereocenters. The Labute approximate surface area is 99.4 Å². The molecule has 1 amide bonds. The highest BCUT2D eigenvalue weighted by atomic mass is 16.2. The van der Waals surface area contributed by atoms with Crippen LogP contribution < -0.4 is 10.6 Å². The zero-order chi connectivity index (χ0) is 12.0. The van der Waals surface area contributed by atoms with E-state index in [1.165, 1.54) is 32.1 Å². The minimum atomic E-state index is -0.121. The summed E-state index contributed by atoms with van der Waals surface area (Å²) in [5.74, 6) is 0.997. The van der Waals surface area contributed by atoms with Crippen molar-refractivity contribution in [1.29, 1.82) is 0 Å². The molecule has 1 aliphatic carbocycles. The van der Waals surface area contributed by atoms with Gasteiger partial charge in [-0.05, 0) is 39.7 Å². The SMILES string of the molecule is CC(C)(C)NC(=O)CNCCC1CCCC1. The quantitative estimate of drug-likeness (QED) is 0.705. The number of hydrogen-bond acceptors (Lipinski definition) is 2. The van der Waals surface area contributed by atoms with E-state index in [0.29, 0.717) is 6.54 Å². The normalized spacial score (nSPS) is 17.7. The Morgan fingerprint density at radius 3 is 2.44 bits per heavy atom. The molecule has 1 fully saturated rings. The Bertz CT molecular complexity index is 214. The summed E-state index contributed by atoms with van der Waals surface area (Å²) in [5, 5.41) is 6.17. The third-order valence-corrected chi connectivity index (χ3v) is 3.00. The average molecular weight is 226 g/mol. The van der Waals surface area contributed by atoms with Crippen LogP contribution >= 0.6 is 0 Å². The van der Waals surface area contributed by atoms with Gasteiger partial charge in [-0.15, -0.1) is 0 Å². The standard InChI is InChI=1S/C13H26N2O/c1-13(2,3)15-12(16)10-14-9-8-11-6-4-5-7-11/h11,14H,4-10H2,1-3H3,(H,15,16). The van der Waals surface area contributed by atoms with Crippen molar-refractivity contribution < 1.29 is 4.79 Å². The lowest BCUT2D eigenvalue weighted by Gasteiger charge is -2.20. The van der Waals surface area contributed by atoms with E-state index in [1.54, 1.807) is 0 Å². The molecule has 0 unspecified atom stereocenters. The molecule has 0 bridgehead atoms. The summed E-state index contributed by atoms with van der Waals surface area (Å²) in [5.41, 5.74) is -0.121. The van der Waals surface area contributed by atoms with E-state index < -0.39 is 0 Å². The first-order valence-electron chi connectivity index (χ1n) is 6.49. The molecule has 3 nitrogen and oxygen atoms in total. The molecule has 2 N–H and O–H groups in total. The maximum atomic E-state index is 11.5. The van der Waals surface area contributed by atoms with E-state index >= 15 is 0 Å². The third kappa shape index (κ3) is 6.11. The van der Waals surface area contributed by atoms with Crippen LogP contribution in [0.1, 0.15) is 52.9 Å². The molecule has 0 aromatic heterocycles. The molecule has 1 aliphatic rings. The summed E-state index contributed by atoms with van der Waals surface area (Å²) in [4.78, 5) is 11.5. The van der Waals surface area contributed by atoms with Crippen molar-refractivity contribution >= 4 is 5.91 Å². The van der Waals surface area contributed by atoms with Crippen LogP contribution in [0.5, 0.6) is 0 Å². The molecule has 0 spiro atoms. The van der Waals surface area contributed by atoms with Crippen molar-refractivity contribution in [3.05, 3.63) is 0 Å². The van der Waals surface area contributed by atoms with Crippen LogP contribution in [0.25, 0.3) is 0 Å². The highest BCUT2D eigenvalue weighted by molar-refractivity contribution is 5.78. The average Bonchev–Trinajstić information content (AvgIpc) is 2.62. The molecule has 0 heterocycles. The molecule has 0 aromatic rings. The summed E-state index contributed by atoms with van der Waals surface area (Å²) in [6.07, 6.45) is 6.79. The van der Waals surface area contributed by atoms with Crippen LogP contribution in [-0.4, -0.2) is 24.5 Å². The van der Waals surface area contributed by atoms with Crippen LogP contribution in [0.2, 0.25) is 0 Å². The van der Waals surface area contributed by atoms with Gasteiger partial charge in [-0.3, -0.25) is 4.79 Å². The molecule has 16 heavy (non-hydrogen) atoms. The fourth-order valence-electron chi connectivity index (χ4n) is 2.27. The van der Waals surface area contributed by atoms with E-state index in [1.807, 2.05) is 20.8 Å². The maximum absolute atomic E-state index is 11.5. The van der Waals surface area contributed by atoms with Crippen molar-refractivity contribution in [3.63, 3.8) is 0 Å². The van der Waals surface area contributed by atoms with Gasteiger partial charge in [0.1, 0.15) is 0 Å². The first-order chi connectivity index (χ1) is 7.47. The molecule has 3 heteroatoms. The Hall–Kier alpha value is -0.570. The molecule has 1 rings (SSSR count). The lowest BCUT2D eigenvalue weighted by atomic mass is 10.0. The number of carbonyl (C=O) groups is 1. The first kappa shape index (κ1) is 13.5. The number of nitrogens with one attached hydrogen (secondary N) is 2. The van der Waals surface area contributed by atoms with Gasteiger partial charge in [0.05, 0.1) is 6.54 Å². The number of rotatable bonds is 5. The topological polar surface area (TPSA) is 41.1 Å². The molecule has 0 saturated heterocycles.